The van der Waals surface area contributed by atoms with Gasteiger partial charge in [0, 0.05) is 25.0 Å². The van der Waals surface area contributed by atoms with E-state index in [9.17, 15) is 4.79 Å². The Kier molecular flexibility index (Phi) is 3.31. The quantitative estimate of drug-likeness (QED) is 0.835. The number of aromatic nitrogens is 4. The first-order chi connectivity index (χ1) is 9.33. The summed E-state index contributed by atoms with van der Waals surface area (Å²) in [5.74, 6) is 1.30. The van der Waals surface area contributed by atoms with Crippen LogP contribution in [0.15, 0.2) is 23.1 Å². The van der Waals surface area contributed by atoms with Crippen LogP contribution in [0.1, 0.15) is 31.6 Å². The number of hydrogen-bond donors (Lipinski definition) is 0. The Hall–Kier alpha value is -2.11. The summed E-state index contributed by atoms with van der Waals surface area (Å²) < 4.78 is 5.20. The molecule has 0 saturated heterocycles. The number of ketones is 1. The monoisotopic (exact) mass is 258 g/mol. The number of carbonyl (C=O) groups excluding carboxylic acids is 1. The zero-order valence-electron chi connectivity index (χ0n) is 10.5. The van der Waals surface area contributed by atoms with E-state index in [4.69, 9.17) is 4.52 Å². The molecule has 2 aromatic rings. The highest BCUT2D eigenvalue weighted by atomic mass is 16.5. The van der Waals surface area contributed by atoms with E-state index < -0.39 is 0 Å². The van der Waals surface area contributed by atoms with E-state index in [0.717, 1.165) is 19.3 Å². The van der Waals surface area contributed by atoms with Crippen molar-refractivity contribution in [2.45, 2.75) is 32.1 Å². The molecule has 98 valence electrons. The maximum Gasteiger partial charge on any atom is 0.227 e. The number of carbonyl (C=O) groups is 1. The molecule has 1 unspecified atom stereocenters. The van der Waals surface area contributed by atoms with Crippen LogP contribution < -0.4 is 0 Å². The van der Waals surface area contributed by atoms with E-state index >= 15 is 0 Å². The Morgan fingerprint density at radius 1 is 1.37 bits per heavy atom. The number of Topliss-reactive ketones (excluding diaryl/α,β-unsaturated/α-hetero) is 1. The fourth-order valence-corrected chi connectivity index (χ4v) is 2.35. The first-order valence-corrected chi connectivity index (χ1v) is 6.44. The van der Waals surface area contributed by atoms with Crippen LogP contribution in [0.25, 0.3) is 11.5 Å². The molecule has 0 aliphatic heterocycles. The van der Waals surface area contributed by atoms with E-state index in [1.165, 1.54) is 6.33 Å². The van der Waals surface area contributed by atoms with Crippen molar-refractivity contribution >= 4 is 5.78 Å². The molecule has 1 aliphatic rings. The molecule has 6 heteroatoms. The Morgan fingerprint density at radius 3 is 3.11 bits per heavy atom. The molecular weight excluding hydrogens is 244 g/mol. The highest BCUT2D eigenvalue weighted by molar-refractivity contribution is 5.81. The van der Waals surface area contributed by atoms with Crippen molar-refractivity contribution in [1.82, 2.24) is 20.1 Å². The van der Waals surface area contributed by atoms with Crippen molar-refractivity contribution in [3.8, 4) is 11.5 Å². The second-order valence-electron chi connectivity index (χ2n) is 4.72. The second-order valence-corrected chi connectivity index (χ2v) is 4.72. The van der Waals surface area contributed by atoms with Crippen LogP contribution in [-0.4, -0.2) is 25.9 Å². The van der Waals surface area contributed by atoms with Gasteiger partial charge in [0.25, 0.3) is 0 Å². The van der Waals surface area contributed by atoms with Gasteiger partial charge in [0.05, 0.1) is 0 Å². The standard InChI is InChI=1S/C13H14N4O2/c18-11-4-2-1-3-9(11)7-12-16-13(17-19-12)10-5-6-14-8-15-10/h5-6,8-9H,1-4,7H2. The van der Waals surface area contributed by atoms with Gasteiger partial charge >= 0.3 is 0 Å². The van der Waals surface area contributed by atoms with Gasteiger partial charge in [0.2, 0.25) is 11.7 Å². The van der Waals surface area contributed by atoms with E-state index in [2.05, 4.69) is 20.1 Å². The van der Waals surface area contributed by atoms with Crippen molar-refractivity contribution in [3.05, 3.63) is 24.5 Å². The molecular formula is C13H14N4O2. The molecule has 1 fully saturated rings. The van der Waals surface area contributed by atoms with Crippen molar-refractivity contribution in [3.63, 3.8) is 0 Å². The highest BCUT2D eigenvalue weighted by Crippen LogP contribution is 2.24. The summed E-state index contributed by atoms with van der Waals surface area (Å²) in [4.78, 5) is 24.0. The van der Waals surface area contributed by atoms with Gasteiger partial charge in [-0.05, 0) is 18.9 Å². The second kappa shape index (κ2) is 5.26. The summed E-state index contributed by atoms with van der Waals surface area (Å²) in [6, 6.07) is 1.72. The fraction of sp³-hybridized carbons (Fsp3) is 0.462. The van der Waals surface area contributed by atoms with Gasteiger partial charge in [-0.25, -0.2) is 9.97 Å². The van der Waals surface area contributed by atoms with Crippen LogP contribution in [0.3, 0.4) is 0 Å². The lowest BCUT2D eigenvalue weighted by Gasteiger charge is -2.18. The van der Waals surface area contributed by atoms with Gasteiger partial charge in [-0.1, -0.05) is 11.6 Å². The predicted octanol–water partition coefficient (Wildman–Crippen LogP) is 1.83. The third kappa shape index (κ3) is 2.67. The Balaban J connectivity index is 1.73. The van der Waals surface area contributed by atoms with Crippen molar-refractivity contribution in [1.29, 1.82) is 0 Å². The topological polar surface area (TPSA) is 81.8 Å². The molecule has 19 heavy (non-hydrogen) atoms. The number of hydrogen-bond acceptors (Lipinski definition) is 6. The Bertz CT molecular complexity index is 567. The molecule has 2 aromatic heterocycles. The van der Waals surface area contributed by atoms with Gasteiger partial charge in [-0.3, -0.25) is 4.79 Å². The van der Waals surface area contributed by atoms with E-state index in [-0.39, 0.29) is 5.92 Å². The third-order valence-corrected chi connectivity index (χ3v) is 3.38. The SMILES string of the molecule is O=C1CCCCC1Cc1nc(-c2ccncn2)no1. The lowest BCUT2D eigenvalue weighted by Crippen LogP contribution is -2.21. The van der Waals surface area contributed by atoms with Gasteiger partial charge < -0.3 is 4.52 Å². The van der Waals surface area contributed by atoms with Crippen LogP contribution in [0.4, 0.5) is 0 Å². The summed E-state index contributed by atoms with van der Waals surface area (Å²) in [7, 11) is 0. The van der Waals surface area contributed by atoms with Crippen LogP contribution in [-0.2, 0) is 11.2 Å². The van der Waals surface area contributed by atoms with Crippen molar-refractivity contribution in [2.24, 2.45) is 5.92 Å². The van der Waals surface area contributed by atoms with Crippen LogP contribution >= 0.6 is 0 Å². The van der Waals surface area contributed by atoms with E-state index in [0.29, 0.717) is 36.0 Å². The Morgan fingerprint density at radius 2 is 2.32 bits per heavy atom. The molecule has 0 bridgehead atoms. The molecule has 0 radical (unpaired) electrons. The average Bonchev–Trinajstić information content (AvgIpc) is 2.91. The predicted molar refractivity (Wildman–Crippen MR) is 66.0 cm³/mol. The summed E-state index contributed by atoms with van der Waals surface area (Å²) in [6.07, 6.45) is 7.31. The van der Waals surface area contributed by atoms with Gasteiger partial charge in [-0.2, -0.15) is 4.98 Å². The molecule has 1 saturated carbocycles. The highest BCUT2D eigenvalue weighted by Gasteiger charge is 2.24. The molecule has 6 nitrogen and oxygen atoms in total. The lowest BCUT2D eigenvalue weighted by atomic mass is 9.86. The molecule has 1 atom stereocenters. The molecule has 0 aromatic carbocycles. The minimum Gasteiger partial charge on any atom is -0.339 e. The molecule has 2 heterocycles. The number of nitrogens with zero attached hydrogens (tertiary/aromatic N) is 4. The largest absolute Gasteiger partial charge is 0.339 e. The van der Waals surface area contributed by atoms with Gasteiger partial charge in [0.1, 0.15) is 17.8 Å². The first-order valence-electron chi connectivity index (χ1n) is 6.44. The minimum absolute atomic E-state index is 0.0347. The summed E-state index contributed by atoms with van der Waals surface area (Å²) in [6.45, 7) is 0. The van der Waals surface area contributed by atoms with E-state index in [1.54, 1.807) is 12.3 Å². The van der Waals surface area contributed by atoms with Gasteiger partial charge in [-0.15, -0.1) is 0 Å². The van der Waals surface area contributed by atoms with Crippen LogP contribution in [0.5, 0.6) is 0 Å². The lowest BCUT2D eigenvalue weighted by molar-refractivity contribution is -0.124. The average molecular weight is 258 g/mol. The summed E-state index contributed by atoms with van der Waals surface area (Å²) in [5, 5.41) is 3.89. The van der Waals surface area contributed by atoms with E-state index in [1.807, 2.05) is 0 Å². The molecule has 0 spiro atoms. The third-order valence-electron chi connectivity index (χ3n) is 3.38. The maximum atomic E-state index is 11.8. The summed E-state index contributed by atoms with van der Waals surface area (Å²) in [5.41, 5.74) is 0.625. The van der Waals surface area contributed by atoms with Crippen molar-refractivity contribution in [2.75, 3.05) is 0 Å². The fourth-order valence-electron chi connectivity index (χ4n) is 2.35. The molecule has 1 aliphatic carbocycles. The van der Waals surface area contributed by atoms with Gasteiger partial charge in [0.15, 0.2) is 0 Å². The number of rotatable bonds is 3. The summed E-state index contributed by atoms with van der Waals surface area (Å²) >= 11 is 0. The van der Waals surface area contributed by atoms with Crippen LogP contribution in [0.2, 0.25) is 0 Å². The molecule has 0 amide bonds. The van der Waals surface area contributed by atoms with Crippen LogP contribution in [0, 0.1) is 5.92 Å². The molecule has 3 rings (SSSR count). The zero-order chi connectivity index (χ0) is 13.1. The first kappa shape index (κ1) is 12.0. The normalized spacial score (nSPS) is 19.6. The minimum atomic E-state index is 0.0347. The smallest absolute Gasteiger partial charge is 0.227 e. The maximum absolute atomic E-state index is 11.8. The zero-order valence-corrected chi connectivity index (χ0v) is 10.5. The Labute approximate surface area is 110 Å². The molecule has 0 N–H and O–H groups in total. The van der Waals surface area contributed by atoms with Crippen molar-refractivity contribution < 1.29 is 9.32 Å².